The fourth-order valence-electron chi connectivity index (χ4n) is 3.48. The van der Waals surface area contributed by atoms with Gasteiger partial charge < -0.3 is 10.2 Å². The van der Waals surface area contributed by atoms with Gasteiger partial charge in [0.2, 0.25) is 21.8 Å². The molecule has 0 aliphatic heterocycles. The Morgan fingerprint density at radius 1 is 1.12 bits per heavy atom. The molecule has 2 aromatic carbocycles. The first-order chi connectivity index (χ1) is 16.1. The molecule has 10 heteroatoms. The van der Waals surface area contributed by atoms with E-state index in [1.807, 2.05) is 6.92 Å². The zero-order chi connectivity index (χ0) is 25.3. The lowest BCUT2D eigenvalue weighted by molar-refractivity contribution is -0.140. The molecule has 2 rings (SSSR count). The Bertz CT molecular complexity index is 1100. The first kappa shape index (κ1) is 27.6. The molecule has 2 amide bonds. The van der Waals surface area contributed by atoms with Crippen molar-refractivity contribution < 1.29 is 22.4 Å². The van der Waals surface area contributed by atoms with Crippen molar-refractivity contribution in [1.82, 2.24) is 10.2 Å². The molecule has 1 N–H and O–H groups in total. The molecule has 0 unspecified atom stereocenters. The molecule has 0 bridgehead atoms. The number of carbonyl (C=O) groups excluding carboxylic acids is 2. The monoisotopic (exact) mass is 511 g/mol. The molecule has 0 spiro atoms. The van der Waals surface area contributed by atoms with Crippen molar-refractivity contribution in [3.63, 3.8) is 0 Å². The Kier molecular flexibility index (Phi) is 10.3. The van der Waals surface area contributed by atoms with E-state index in [9.17, 15) is 22.4 Å². The van der Waals surface area contributed by atoms with E-state index in [1.165, 1.54) is 23.1 Å². The number of benzene rings is 2. The Morgan fingerprint density at radius 2 is 1.82 bits per heavy atom. The molecule has 0 saturated heterocycles. The molecule has 2 aromatic rings. The second-order valence-electron chi connectivity index (χ2n) is 7.93. The fraction of sp³-hybridized carbons (Fsp3) is 0.417. The number of sulfonamides is 1. The first-order valence-electron chi connectivity index (χ1n) is 11.1. The van der Waals surface area contributed by atoms with Gasteiger partial charge in [-0.05, 0) is 42.7 Å². The SMILES string of the molecule is CCCCNC(=O)[C@H](CC)N(Cc1ccccc1Cl)C(=O)CN(c1cccc(F)c1)S(C)(=O)=O. The van der Waals surface area contributed by atoms with Crippen LogP contribution in [-0.2, 0) is 26.2 Å². The van der Waals surface area contributed by atoms with E-state index in [4.69, 9.17) is 11.6 Å². The summed E-state index contributed by atoms with van der Waals surface area (Å²) < 4.78 is 39.6. The smallest absolute Gasteiger partial charge is 0.244 e. The van der Waals surface area contributed by atoms with Crippen LogP contribution in [0.3, 0.4) is 0 Å². The highest BCUT2D eigenvalue weighted by Gasteiger charge is 2.32. The lowest BCUT2D eigenvalue weighted by atomic mass is 10.1. The number of nitrogens with zero attached hydrogens (tertiary/aromatic N) is 2. The molecule has 34 heavy (non-hydrogen) atoms. The number of nitrogens with one attached hydrogen (secondary N) is 1. The van der Waals surface area contributed by atoms with Crippen LogP contribution in [0.25, 0.3) is 0 Å². The number of carbonyl (C=O) groups is 2. The number of halogens is 2. The summed E-state index contributed by atoms with van der Waals surface area (Å²) >= 11 is 6.31. The van der Waals surface area contributed by atoms with Crippen molar-refractivity contribution in [2.45, 2.75) is 45.7 Å². The molecule has 0 radical (unpaired) electrons. The second-order valence-corrected chi connectivity index (χ2v) is 10.2. The maximum absolute atomic E-state index is 13.8. The second kappa shape index (κ2) is 12.7. The predicted molar refractivity (Wildman–Crippen MR) is 133 cm³/mol. The molecule has 0 fully saturated rings. The van der Waals surface area contributed by atoms with Gasteiger partial charge in [0.1, 0.15) is 18.4 Å². The number of rotatable bonds is 12. The van der Waals surface area contributed by atoms with E-state index in [-0.39, 0.29) is 18.1 Å². The van der Waals surface area contributed by atoms with Crippen molar-refractivity contribution in [2.24, 2.45) is 0 Å². The number of hydrogen-bond donors (Lipinski definition) is 1. The third-order valence-electron chi connectivity index (χ3n) is 5.29. The van der Waals surface area contributed by atoms with Crippen LogP contribution >= 0.6 is 11.6 Å². The number of unbranched alkanes of at least 4 members (excludes halogenated alkanes) is 1. The summed E-state index contributed by atoms with van der Waals surface area (Å²) in [5, 5.41) is 3.27. The number of hydrogen-bond acceptors (Lipinski definition) is 4. The van der Waals surface area contributed by atoms with Crippen molar-refractivity contribution in [3.8, 4) is 0 Å². The lowest BCUT2D eigenvalue weighted by Gasteiger charge is -2.33. The molecule has 186 valence electrons. The quantitative estimate of drug-likeness (QED) is 0.437. The zero-order valence-corrected chi connectivity index (χ0v) is 21.2. The van der Waals surface area contributed by atoms with Gasteiger partial charge in [0.15, 0.2) is 0 Å². The molecule has 0 aliphatic rings. The van der Waals surface area contributed by atoms with E-state index in [2.05, 4.69) is 5.32 Å². The largest absolute Gasteiger partial charge is 0.354 e. The van der Waals surface area contributed by atoms with Crippen LogP contribution in [0.15, 0.2) is 48.5 Å². The average Bonchev–Trinajstić information content (AvgIpc) is 2.77. The van der Waals surface area contributed by atoms with E-state index < -0.39 is 34.3 Å². The van der Waals surface area contributed by atoms with Crippen LogP contribution in [0.5, 0.6) is 0 Å². The number of amides is 2. The summed E-state index contributed by atoms with van der Waals surface area (Å²) in [5.41, 5.74) is 0.642. The maximum atomic E-state index is 13.8. The van der Waals surface area contributed by atoms with Crippen molar-refractivity contribution in [3.05, 3.63) is 64.9 Å². The van der Waals surface area contributed by atoms with Gasteiger partial charge in [-0.3, -0.25) is 13.9 Å². The number of anilines is 1. The highest BCUT2D eigenvalue weighted by Crippen LogP contribution is 2.22. The van der Waals surface area contributed by atoms with Crippen LogP contribution in [0.1, 0.15) is 38.7 Å². The lowest BCUT2D eigenvalue weighted by Crippen LogP contribution is -2.52. The third-order valence-corrected chi connectivity index (χ3v) is 6.80. The van der Waals surface area contributed by atoms with Gasteiger partial charge in [0, 0.05) is 18.1 Å². The average molecular weight is 512 g/mol. The van der Waals surface area contributed by atoms with Crippen LogP contribution in [0.4, 0.5) is 10.1 Å². The van der Waals surface area contributed by atoms with Gasteiger partial charge in [-0.15, -0.1) is 0 Å². The predicted octanol–water partition coefficient (Wildman–Crippen LogP) is 3.97. The molecule has 0 heterocycles. The highest BCUT2D eigenvalue weighted by atomic mass is 35.5. The Balaban J connectivity index is 2.41. The Hall–Kier alpha value is -2.65. The minimum absolute atomic E-state index is 0.0129. The first-order valence-corrected chi connectivity index (χ1v) is 13.3. The van der Waals surface area contributed by atoms with E-state index in [1.54, 1.807) is 31.2 Å². The molecule has 1 atom stereocenters. The minimum atomic E-state index is -3.92. The van der Waals surface area contributed by atoms with Crippen LogP contribution in [0.2, 0.25) is 5.02 Å². The summed E-state index contributed by atoms with van der Waals surface area (Å²) in [6.07, 6.45) is 2.95. The molecule has 0 aromatic heterocycles. The van der Waals surface area contributed by atoms with Crippen LogP contribution in [0, 0.1) is 5.82 Å². The standard InChI is InChI=1S/C24H31ClFN3O4S/c1-4-6-14-27-24(31)22(5-2)28(16-18-10-7-8-13-21(18)25)23(30)17-29(34(3,32)33)20-12-9-11-19(26)15-20/h7-13,15,22H,4-6,14,16-17H2,1-3H3,(H,27,31)/t22-/m0/s1. The van der Waals surface area contributed by atoms with Gasteiger partial charge in [0.25, 0.3) is 0 Å². The molecule has 0 aliphatic carbocycles. The van der Waals surface area contributed by atoms with E-state index in [0.29, 0.717) is 23.6 Å². The summed E-state index contributed by atoms with van der Waals surface area (Å²) in [4.78, 5) is 27.8. The summed E-state index contributed by atoms with van der Waals surface area (Å²) in [6.45, 7) is 3.67. The Morgan fingerprint density at radius 3 is 2.41 bits per heavy atom. The van der Waals surface area contributed by atoms with E-state index in [0.717, 1.165) is 29.5 Å². The van der Waals surface area contributed by atoms with Gasteiger partial charge in [-0.1, -0.05) is 56.1 Å². The molecular formula is C24H31ClFN3O4S. The van der Waals surface area contributed by atoms with Crippen LogP contribution in [-0.4, -0.2) is 50.5 Å². The summed E-state index contributed by atoms with van der Waals surface area (Å²) in [6, 6.07) is 11.1. The van der Waals surface area contributed by atoms with Gasteiger partial charge >= 0.3 is 0 Å². The molecule has 7 nitrogen and oxygen atoms in total. The zero-order valence-electron chi connectivity index (χ0n) is 19.6. The van der Waals surface area contributed by atoms with Gasteiger partial charge in [-0.2, -0.15) is 0 Å². The summed E-state index contributed by atoms with van der Waals surface area (Å²) in [7, 11) is -3.92. The minimum Gasteiger partial charge on any atom is -0.354 e. The highest BCUT2D eigenvalue weighted by molar-refractivity contribution is 7.92. The molecule has 0 saturated carbocycles. The van der Waals surface area contributed by atoms with Gasteiger partial charge in [0.05, 0.1) is 11.9 Å². The topological polar surface area (TPSA) is 86.8 Å². The van der Waals surface area contributed by atoms with Gasteiger partial charge in [-0.25, -0.2) is 12.8 Å². The van der Waals surface area contributed by atoms with Crippen molar-refractivity contribution >= 4 is 39.1 Å². The van der Waals surface area contributed by atoms with Crippen LogP contribution < -0.4 is 9.62 Å². The molecular weight excluding hydrogens is 481 g/mol. The normalized spacial score (nSPS) is 12.1. The third kappa shape index (κ3) is 7.70. The summed E-state index contributed by atoms with van der Waals surface area (Å²) in [5.74, 6) is -1.56. The van der Waals surface area contributed by atoms with E-state index >= 15 is 0 Å². The van der Waals surface area contributed by atoms with Crippen molar-refractivity contribution in [2.75, 3.05) is 23.7 Å². The maximum Gasteiger partial charge on any atom is 0.244 e. The Labute approximate surface area is 205 Å². The van der Waals surface area contributed by atoms with Crippen molar-refractivity contribution in [1.29, 1.82) is 0 Å². The fourth-order valence-corrected chi connectivity index (χ4v) is 4.52.